The maximum absolute atomic E-state index is 2.84. The topological polar surface area (TPSA) is 0 Å². The van der Waals surface area contributed by atoms with Crippen molar-refractivity contribution in [3.05, 3.63) is 141 Å². The fourth-order valence-corrected chi connectivity index (χ4v) is 34.1. The minimum absolute atomic E-state index is 0.0498. The number of benzene rings is 10. The predicted octanol–water partition coefficient (Wildman–Crippen LogP) is 14.8. The quantitative estimate of drug-likeness (QED) is 0.137. The lowest BCUT2D eigenvalue weighted by Gasteiger charge is -2.65. The maximum Gasteiger partial charge on any atom is 0.0645 e. The van der Waals surface area contributed by atoms with Crippen LogP contribution in [0.15, 0.2) is 23.1 Å². The minimum Gasteiger partial charge on any atom is -0.112 e. The summed E-state index contributed by atoms with van der Waals surface area (Å²) in [7, 11) is 0. The van der Waals surface area contributed by atoms with Gasteiger partial charge in [-0.05, 0) is 351 Å². The Morgan fingerprint density at radius 1 is 0.309 bits per heavy atom. The SMILES string of the molecule is Cc1ccc2c(c1)SC13c4c5c6c7c8c9c%10c%11c%12c%13c%14c%15c(c%16c%13c%10c7c4-%16)C21C1C%15C2c4c7c%10c%13c%15c%16c%17c%18c%19c%20c%21c%22c%23c(c4c4c%22c%19c%16c%104)C2C%14C%12C%23C%21C%11C9C%20C%18C8C6C%17C%15C5C3C%13C71. The van der Waals surface area contributed by atoms with Gasteiger partial charge in [-0.1, -0.05) is 12.1 Å². The molecule has 0 N–H and O–H groups in total. The van der Waals surface area contributed by atoms with Crippen molar-refractivity contribution in [3.63, 3.8) is 0 Å². The highest BCUT2D eigenvalue weighted by Crippen LogP contribution is 3.01. The molecule has 1 fully saturated rings. The number of aryl methyl sites for hydroxylation is 1. The summed E-state index contributed by atoms with van der Waals surface area (Å²) in [5, 5.41) is 30.8. The van der Waals surface area contributed by atoms with Crippen molar-refractivity contribution in [2.24, 2.45) is 11.8 Å². The highest BCUT2D eigenvalue weighted by Gasteiger charge is 2.89. The second-order valence-corrected chi connectivity index (χ2v) is 30.4. The van der Waals surface area contributed by atoms with Gasteiger partial charge in [0, 0.05) is 10.3 Å². The molecule has 0 radical (unpaired) electrons. The van der Waals surface area contributed by atoms with Crippen molar-refractivity contribution in [1.29, 1.82) is 0 Å². The van der Waals surface area contributed by atoms with Crippen LogP contribution in [0.5, 0.6) is 0 Å². The van der Waals surface area contributed by atoms with Gasteiger partial charge in [-0.2, -0.15) is 0 Å². The number of hydrogen-bond donors (Lipinski definition) is 0. The van der Waals surface area contributed by atoms with Crippen molar-refractivity contribution in [1.82, 2.24) is 0 Å². The fraction of sp³-hybridized carbons (Fsp3) is 0.343. The van der Waals surface area contributed by atoms with E-state index in [0.29, 0.717) is 118 Å². The van der Waals surface area contributed by atoms with Gasteiger partial charge in [-0.15, -0.1) is 11.8 Å². The van der Waals surface area contributed by atoms with E-state index in [1.54, 1.807) is 4.90 Å². The summed E-state index contributed by atoms with van der Waals surface area (Å²) in [5.41, 5.74) is 48.0. The summed E-state index contributed by atoms with van der Waals surface area (Å²) < 4.78 is 0.0800. The molecule has 300 valence electrons. The first-order valence-electron chi connectivity index (χ1n) is 27.8. The summed E-state index contributed by atoms with van der Waals surface area (Å²) in [6.07, 6.45) is 0. The van der Waals surface area contributed by atoms with E-state index in [1.165, 1.54) is 5.56 Å². The van der Waals surface area contributed by atoms with Crippen LogP contribution in [-0.4, -0.2) is 0 Å². The Morgan fingerprint density at radius 3 is 1.07 bits per heavy atom. The molecule has 0 bridgehead atoms. The third-order valence-electron chi connectivity index (χ3n) is 30.4. The molecule has 11 aromatic carbocycles. The van der Waals surface area contributed by atoms with Crippen LogP contribution < -0.4 is 0 Å². The summed E-state index contributed by atoms with van der Waals surface area (Å²) in [4.78, 5) is 1.73. The molecule has 2 spiro atoms. The molecule has 1 heterocycles. The van der Waals surface area contributed by atoms with Crippen LogP contribution >= 0.6 is 11.8 Å². The summed E-state index contributed by atoms with van der Waals surface area (Å²) in [5.74, 6) is 13.6. The van der Waals surface area contributed by atoms with Gasteiger partial charge < -0.3 is 0 Å². The molecule has 68 heavy (non-hydrogen) atoms. The Balaban J connectivity index is 1.05. The summed E-state index contributed by atoms with van der Waals surface area (Å²) in [6, 6.07) is 8.24. The van der Waals surface area contributed by atoms with Crippen molar-refractivity contribution < 1.29 is 0 Å². The lowest BCUT2D eigenvalue weighted by Crippen LogP contribution is -2.62. The zero-order chi connectivity index (χ0) is 40.0. The predicted molar refractivity (Wildman–Crippen MR) is 261 cm³/mol. The molecule has 0 amide bonds. The largest absolute Gasteiger partial charge is 0.112 e. The molecular formula is C67H26S. The summed E-state index contributed by atoms with van der Waals surface area (Å²) >= 11 is 2.57. The van der Waals surface area contributed by atoms with Crippen LogP contribution in [-0.2, 0) is 10.2 Å². The second-order valence-electron chi connectivity index (χ2n) is 29.1. The van der Waals surface area contributed by atoms with Crippen molar-refractivity contribution >= 4 is 97.9 Å². The standard InChI is InChI=1S/C67H26S/c1-5-2-3-6-7(4-5)68-67-64-58-52-42-30-22-14-10-8-9-12-16(14)24(30)34-28-20(12)21-13(9)17-15-11(8)19-18(10)26-32(22)40-46-36(26)37-27(19)33-23(15)31-25(17)35-29(21)39-38(28)50(44(34)52)60(64)61-51(39)45(35)53-43(31)49-41(33)47(37)55-54(46)62(56(58)48(40)42)66(6,67)63(55)57(49)59(53)65(61)67/h2-4,10,12,14,16,18,20,26,28,36-39,47,51,55,57,59,61,63,65H,1H3. The molecule has 22 aliphatic carbocycles. The third-order valence-corrected chi connectivity index (χ3v) is 32.0. The van der Waals surface area contributed by atoms with Gasteiger partial charge in [0.05, 0.1) is 4.75 Å². The Bertz CT molecular complexity index is 5420. The first-order chi connectivity index (χ1) is 33.8. The van der Waals surface area contributed by atoms with Crippen molar-refractivity contribution in [2.75, 3.05) is 0 Å². The van der Waals surface area contributed by atoms with Crippen molar-refractivity contribution in [2.45, 2.75) is 129 Å². The van der Waals surface area contributed by atoms with Crippen LogP contribution in [0.3, 0.4) is 0 Å². The van der Waals surface area contributed by atoms with Crippen LogP contribution in [0, 0.1) is 18.8 Å². The normalized spacial score (nSPS) is 49.0. The monoisotopic (exact) mass is 862 g/mol. The van der Waals surface area contributed by atoms with Crippen molar-refractivity contribution in [3.8, 4) is 11.1 Å². The average molecular weight is 863 g/mol. The van der Waals surface area contributed by atoms with Crippen LogP contribution in [0.4, 0.5) is 0 Å². The lowest BCUT2D eigenvalue weighted by atomic mass is 9.39. The van der Waals surface area contributed by atoms with E-state index in [4.69, 9.17) is 0 Å². The lowest BCUT2D eigenvalue weighted by molar-refractivity contribution is 0.0341. The van der Waals surface area contributed by atoms with Gasteiger partial charge in [-0.3, -0.25) is 0 Å². The molecule has 0 nitrogen and oxygen atoms in total. The van der Waals surface area contributed by atoms with E-state index < -0.39 is 0 Å². The second kappa shape index (κ2) is 6.04. The van der Waals surface area contributed by atoms with Gasteiger partial charge >= 0.3 is 0 Å². The molecule has 0 aromatic heterocycles. The first-order valence-corrected chi connectivity index (χ1v) is 28.7. The molecule has 0 saturated heterocycles. The van der Waals surface area contributed by atoms with E-state index in [1.807, 2.05) is 203 Å². The molecule has 11 aromatic rings. The zero-order valence-electron chi connectivity index (χ0n) is 36.2. The summed E-state index contributed by atoms with van der Waals surface area (Å²) in [6.45, 7) is 2.44. The highest BCUT2D eigenvalue weighted by molar-refractivity contribution is 8.00. The highest BCUT2D eigenvalue weighted by atomic mass is 32.2. The third kappa shape index (κ3) is 1.41. The number of rotatable bonds is 0. The molecule has 23 aliphatic rings. The molecule has 1 heteroatoms. The molecule has 1 saturated carbocycles. The molecule has 1 aliphatic heterocycles. The number of thioether (sulfide) groups is 1. The van der Waals surface area contributed by atoms with E-state index in [9.17, 15) is 0 Å². The Labute approximate surface area is 387 Å². The van der Waals surface area contributed by atoms with Gasteiger partial charge in [0.15, 0.2) is 0 Å². The zero-order valence-corrected chi connectivity index (χ0v) is 37.0. The number of hydrogen-bond acceptors (Lipinski definition) is 1. The smallest absolute Gasteiger partial charge is 0.0645 e. The maximum atomic E-state index is 2.84. The van der Waals surface area contributed by atoms with Gasteiger partial charge in [-0.25, -0.2) is 0 Å². The van der Waals surface area contributed by atoms with E-state index in [0.717, 1.165) is 0 Å². The Hall–Kier alpha value is -5.37. The van der Waals surface area contributed by atoms with E-state index in [2.05, 4.69) is 48.0 Å². The fourth-order valence-electron chi connectivity index (χ4n) is 31.9. The Morgan fingerprint density at radius 2 is 0.618 bits per heavy atom. The first kappa shape index (κ1) is 26.6. The average Bonchev–Trinajstić information content (AvgIpc) is 4.19. The van der Waals surface area contributed by atoms with Crippen LogP contribution in [0.2, 0.25) is 0 Å². The van der Waals surface area contributed by atoms with Crippen LogP contribution in [0.1, 0.15) is 229 Å². The van der Waals surface area contributed by atoms with E-state index in [-0.39, 0.29) is 10.2 Å². The van der Waals surface area contributed by atoms with Gasteiger partial charge in [0.2, 0.25) is 0 Å². The van der Waals surface area contributed by atoms with Gasteiger partial charge in [0.25, 0.3) is 0 Å². The van der Waals surface area contributed by atoms with E-state index >= 15 is 0 Å². The number of fused-ring (bicyclic) bond motifs is 1. The van der Waals surface area contributed by atoms with Crippen LogP contribution in [0.25, 0.3) is 97.3 Å². The molecular weight excluding hydrogens is 837 g/mol. The molecule has 34 rings (SSSR count). The van der Waals surface area contributed by atoms with Gasteiger partial charge in [0.1, 0.15) is 0 Å². The molecule has 22 unspecified atom stereocenters. The molecule has 22 atom stereocenters. The minimum atomic E-state index is 0.0498. The Kier molecular flexibility index (Phi) is 2.36.